The first-order chi connectivity index (χ1) is 7.83. The summed E-state index contributed by atoms with van der Waals surface area (Å²) < 4.78 is 15.9. The van der Waals surface area contributed by atoms with Crippen molar-refractivity contribution >= 4 is 11.3 Å². The van der Waals surface area contributed by atoms with Crippen molar-refractivity contribution in [3.63, 3.8) is 0 Å². The van der Waals surface area contributed by atoms with Gasteiger partial charge in [0.2, 0.25) is 0 Å². The minimum atomic E-state index is 0.653. The van der Waals surface area contributed by atoms with E-state index in [9.17, 15) is 0 Å². The van der Waals surface area contributed by atoms with Crippen LogP contribution in [-0.2, 0) is 0 Å². The Morgan fingerprint density at radius 2 is 1.94 bits per heavy atom. The van der Waals surface area contributed by atoms with Crippen LogP contribution in [-0.4, -0.2) is 14.2 Å². The van der Waals surface area contributed by atoms with E-state index in [0.29, 0.717) is 17.2 Å². The van der Waals surface area contributed by atoms with Crippen LogP contribution in [0.1, 0.15) is 0 Å². The molecule has 0 aliphatic heterocycles. The Kier molecular flexibility index (Phi) is 3.31. The molecule has 0 fully saturated rings. The number of benzene rings is 1. The maximum Gasteiger partial charge on any atom is 0.181 e. The molecule has 0 aliphatic carbocycles. The highest BCUT2D eigenvalue weighted by Gasteiger charge is 2.06. The summed E-state index contributed by atoms with van der Waals surface area (Å²) in [5.74, 6) is 2.06. The van der Waals surface area contributed by atoms with Crippen LogP contribution in [0.5, 0.6) is 22.3 Å². The van der Waals surface area contributed by atoms with Crippen LogP contribution in [0.25, 0.3) is 0 Å². The maximum absolute atomic E-state index is 5.61. The van der Waals surface area contributed by atoms with Crippen molar-refractivity contribution in [2.75, 3.05) is 14.2 Å². The van der Waals surface area contributed by atoms with Gasteiger partial charge in [-0.05, 0) is 18.2 Å². The van der Waals surface area contributed by atoms with E-state index >= 15 is 0 Å². The lowest BCUT2D eigenvalue weighted by molar-refractivity contribution is 0.352. The molecule has 16 heavy (non-hydrogen) atoms. The molecule has 0 saturated carbocycles. The zero-order chi connectivity index (χ0) is 11.4. The zero-order valence-electron chi connectivity index (χ0n) is 9.02. The summed E-state index contributed by atoms with van der Waals surface area (Å²) in [6, 6.07) is 10.2. The van der Waals surface area contributed by atoms with Crippen molar-refractivity contribution in [2.45, 2.75) is 0 Å². The molecule has 1 aromatic carbocycles. The molecule has 1 radical (unpaired) electrons. The van der Waals surface area contributed by atoms with Crippen LogP contribution in [0.4, 0.5) is 0 Å². The van der Waals surface area contributed by atoms with Crippen LogP contribution in [0.3, 0.4) is 0 Å². The largest absolute Gasteiger partial charge is 0.493 e. The number of hydrogen-bond donors (Lipinski definition) is 0. The summed E-state index contributed by atoms with van der Waals surface area (Å²) in [6.07, 6.45) is 0. The normalized spacial score (nSPS) is 9.88. The zero-order valence-corrected chi connectivity index (χ0v) is 9.84. The lowest BCUT2D eigenvalue weighted by atomic mass is 10.3. The number of hydrogen-bond acceptors (Lipinski definition) is 4. The first-order valence-electron chi connectivity index (χ1n) is 4.68. The van der Waals surface area contributed by atoms with Crippen LogP contribution >= 0.6 is 11.3 Å². The van der Waals surface area contributed by atoms with Gasteiger partial charge in [-0.1, -0.05) is 0 Å². The van der Waals surface area contributed by atoms with Crippen molar-refractivity contribution in [1.29, 1.82) is 0 Å². The molecule has 0 N–H and O–H groups in total. The molecule has 0 atom stereocenters. The molecule has 2 rings (SSSR count). The second-order valence-corrected chi connectivity index (χ2v) is 3.86. The quantitative estimate of drug-likeness (QED) is 0.813. The van der Waals surface area contributed by atoms with Gasteiger partial charge in [0.05, 0.1) is 14.2 Å². The van der Waals surface area contributed by atoms with Crippen molar-refractivity contribution in [1.82, 2.24) is 0 Å². The number of methoxy groups -OCH3 is 2. The van der Waals surface area contributed by atoms with E-state index in [0.717, 1.165) is 5.06 Å². The molecular weight excluding hydrogens is 224 g/mol. The second-order valence-electron chi connectivity index (χ2n) is 2.98. The summed E-state index contributed by atoms with van der Waals surface area (Å²) in [6.45, 7) is 0. The van der Waals surface area contributed by atoms with E-state index in [1.165, 1.54) is 11.3 Å². The Labute approximate surface area is 98.2 Å². The predicted octanol–water partition coefficient (Wildman–Crippen LogP) is 3.36. The van der Waals surface area contributed by atoms with E-state index in [1.807, 2.05) is 17.5 Å². The smallest absolute Gasteiger partial charge is 0.181 e. The molecule has 0 saturated heterocycles. The summed E-state index contributed by atoms with van der Waals surface area (Å²) in [5, 5.41) is 2.64. The molecular formula is C12H11O3S. The Bertz CT molecular complexity index is 451. The fourth-order valence-electron chi connectivity index (χ4n) is 1.28. The third-order valence-electron chi connectivity index (χ3n) is 2.02. The molecule has 4 heteroatoms. The van der Waals surface area contributed by atoms with E-state index in [4.69, 9.17) is 14.2 Å². The molecule has 0 bridgehead atoms. The summed E-state index contributed by atoms with van der Waals surface area (Å²) in [7, 11) is 3.20. The molecule has 1 heterocycles. The fraction of sp³-hybridized carbons (Fsp3) is 0.167. The topological polar surface area (TPSA) is 27.7 Å². The molecule has 0 unspecified atom stereocenters. The molecule has 0 spiro atoms. The van der Waals surface area contributed by atoms with Gasteiger partial charge in [0.15, 0.2) is 16.6 Å². The highest BCUT2D eigenvalue weighted by molar-refractivity contribution is 7.11. The van der Waals surface area contributed by atoms with E-state index < -0.39 is 0 Å². The average Bonchev–Trinajstić information content (AvgIpc) is 2.81. The first-order valence-corrected chi connectivity index (χ1v) is 5.56. The van der Waals surface area contributed by atoms with Crippen molar-refractivity contribution in [3.05, 3.63) is 35.7 Å². The van der Waals surface area contributed by atoms with Crippen LogP contribution in [0.2, 0.25) is 0 Å². The molecule has 0 aliphatic rings. The van der Waals surface area contributed by atoms with Crippen molar-refractivity contribution < 1.29 is 14.2 Å². The van der Waals surface area contributed by atoms with Crippen LogP contribution < -0.4 is 14.2 Å². The lowest BCUT2D eigenvalue weighted by Crippen LogP contribution is -1.91. The molecule has 3 nitrogen and oxygen atoms in total. The van der Waals surface area contributed by atoms with Gasteiger partial charge in [-0.25, -0.2) is 0 Å². The van der Waals surface area contributed by atoms with Crippen LogP contribution in [0, 0.1) is 6.07 Å². The van der Waals surface area contributed by atoms with E-state index in [1.54, 1.807) is 26.4 Å². The number of thiophene rings is 1. The summed E-state index contributed by atoms with van der Waals surface area (Å²) in [4.78, 5) is 0. The Morgan fingerprint density at radius 1 is 1.12 bits per heavy atom. The molecule has 1 aromatic heterocycles. The van der Waals surface area contributed by atoms with Crippen molar-refractivity contribution in [2.24, 2.45) is 0 Å². The van der Waals surface area contributed by atoms with Crippen molar-refractivity contribution in [3.8, 4) is 22.3 Å². The van der Waals surface area contributed by atoms with Gasteiger partial charge in [-0.3, -0.25) is 0 Å². The minimum Gasteiger partial charge on any atom is -0.493 e. The average molecular weight is 235 g/mol. The van der Waals surface area contributed by atoms with E-state index in [2.05, 4.69) is 6.07 Å². The van der Waals surface area contributed by atoms with Gasteiger partial charge in [0, 0.05) is 17.5 Å². The monoisotopic (exact) mass is 235 g/mol. The standard InChI is InChI=1S/C12H11O3S/c1-13-10-6-5-9(8-11(10)14-2)15-12-4-3-7-16-12/h4-8H,1-2H3. The second kappa shape index (κ2) is 4.90. The Hall–Kier alpha value is -1.68. The van der Waals surface area contributed by atoms with E-state index in [-0.39, 0.29) is 0 Å². The first kappa shape index (κ1) is 10.8. The third kappa shape index (κ3) is 2.28. The van der Waals surface area contributed by atoms with Gasteiger partial charge < -0.3 is 14.2 Å². The lowest BCUT2D eigenvalue weighted by Gasteiger charge is -2.09. The maximum atomic E-state index is 5.61. The molecule has 0 amide bonds. The van der Waals surface area contributed by atoms with Gasteiger partial charge in [-0.2, -0.15) is 0 Å². The summed E-state index contributed by atoms with van der Waals surface area (Å²) >= 11 is 1.49. The Morgan fingerprint density at radius 3 is 2.56 bits per heavy atom. The number of ether oxygens (including phenoxy) is 3. The van der Waals surface area contributed by atoms with Gasteiger partial charge in [0.25, 0.3) is 0 Å². The fourth-order valence-corrected chi connectivity index (χ4v) is 1.81. The third-order valence-corrected chi connectivity index (χ3v) is 2.71. The highest BCUT2D eigenvalue weighted by atomic mass is 32.1. The Balaban J connectivity index is 2.22. The molecule has 2 aromatic rings. The SMILES string of the molecule is COc1ccc(Oc2c[c]cs2)cc1OC. The van der Waals surface area contributed by atoms with Crippen LogP contribution in [0.15, 0.2) is 29.6 Å². The number of rotatable bonds is 4. The highest BCUT2D eigenvalue weighted by Crippen LogP contribution is 2.34. The summed E-state index contributed by atoms with van der Waals surface area (Å²) in [5.41, 5.74) is 0. The van der Waals surface area contributed by atoms with Gasteiger partial charge in [-0.15, -0.1) is 11.3 Å². The van der Waals surface area contributed by atoms with Gasteiger partial charge in [0.1, 0.15) is 5.75 Å². The van der Waals surface area contributed by atoms with Gasteiger partial charge >= 0.3 is 0 Å². The minimum absolute atomic E-state index is 0.653. The predicted molar refractivity (Wildman–Crippen MR) is 62.8 cm³/mol. The molecule has 83 valence electrons.